The van der Waals surface area contributed by atoms with E-state index in [1.807, 2.05) is 31.5 Å². The number of rotatable bonds is 5. The van der Waals surface area contributed by atoms with Crippen LogP contribution in [0, 0.1) is 27.7 Å². The Kier molecular flexibility index (Phi) is 6.23. The maximum Gasteiger partial charge on any atom is 0.344 e. The number of carbonyl (C=O) groups is 1. The van der Waals surface area contributed by atoms with Crippen molar-refractivity contribution in [3.8, 4) is 22.7 Å². The lowest BCUT2D eigenvalue weighted by Gasteiger charge is -2.19. The Morgan fingerprint density at radius 1 is 1.06 bits per heavy atom. The van der Waals surface area contributed by atoms with Crippen molar-refractivity contribution in [1.29, 1.82) is 0 Å². The lowest BCUT2D eigenvalue weighted by Crippen LogP contribution is -2.27. The van der Waals surface area contributed by atoms with Gasteiger partial charge in [0.15, 0.2) is 18.0 Å². The van der Waals surface area contributed by atoms with Crippen molar-refractivity contribution < 1.29 is 14.3 Å². The number of hydrogen-bond acceptors (Lipinski definition) is 6. The fraction of sp³-hybridized carbons (Fsp3) is 0.333. The fourth-order valence-electron chi connectivity index (χ4n) is 3.95. The fourth-order valence-corrected chi connectivity index (χ4v) is 3.95. The Morgan fingerprint density at radius 2 is 1.80 bits per heavy atom. The molecule has 4 aromatic rings. The number of hydrogen-bond donors (Lipinski definition) is 0. The van der Waals surface area contributed by atoms with Crippen molar-refractivity contribution >= 4 is 11.6 Å². The molecular formula is C27H30N4O4. The zero-order valence-corrected chi connectivity index (χ0v) is 21.2. The maximum absolute atomic E-state index is 13.5. The Balaban J connectivity index is 1.74. The molecule has 4 rings (SSSR count). The predicted molar refractivity (Wildman–Crippen MR) is 134 cm³/mol. The number of carbonyl (C=O) groups excluding carboxylic acids is 1. The van der Waals surface area contributed by atoms with Gasteiger partial charge < -0.3 is 9.47 Å². The highest BCUT2D eigenvalue weighted by atomic mass is 16.6. The number of esters is 1. The summed E-state index contributed by atoms with van der Waals surface area (Å²) < 4.78 is 14.2. The van der Waals surface area contributed by atoms with E-state index in [2.05, 4.69) is 23.2 Å². The molecule has 0 radical (unpaired) electrons. The maximum atomic E-state index is 13.5. The second-order valence-corrected chi connectivity index (χ2v) is 9.69. The van der Waals surface area contributed by atoms with Crippen molar-refractivity contribution in [2.75, 3.05) is 6.61 Å². The smallest absolute Gasteiger partial charge is 0.344 e. The third kappa shape index (κ3) is 4.96. The first-order valence-electron chi connectivity index (χ1n) is 11.5. The van der Waals surface area contributed by atoms with Gasteiger partial charge in [-0.05, 0) is 83.9 Å². The topological polar surface area (TPSA) is 87.7 Å². The number of ether oxygens (including phenoxy) is 2. The van der Waals surface area contributed by atoms with Crippen molar-refractivity contribution in [3.05, 3.63) is 75.5 Å². The van der Waals surface area contributed by atoms with Crippen LogP contribution in [0.1, 0.15) is 43.3 Å². The Hall–Kier alpha value is -3.94. The van der Waals surface area contributed by atoms with Crippen LogP contribution < -0.4 is 10.3 Å². The monoisotopic (exact) mass is 474 g/mol. The zero-order valence-electron chi connectivity index (χ0n) is 21.2. The molecule has 0 aliphatic carbocycles. The summed E-state index contributed by atoms with van der Waals surface area (Å²) in [5, 5.41) is 4.77. The number of nitrogens with zero attached hydrogens (tertiary/aromatic N) is 4. The summed E-state index contributed by atoms with van der Waals surface area (Å²) in [6.45, 7) is 12.9. The molecule has 0 unspecified atom stereocenters. The molecule has 3 heterocycles. The first kappa shape index (κ1) is 24.2. The van der Waals surface area contributed by atoms with Gasteiger partial charge in [-0.1, -0.05) is 12.1 Å². The molecule has 0 amide bonds. The quantitative estimate of drug-likeness (QED) is 0.396. The summed E-state index contributed by atoms with van der Waals surface area (Å²) in [7, 11) is 0. The number of fused-ring (bicyclic) bond motifs is 1. The van der Waals surface area contributed by atoms with Gasteiger partial charge in [0, 0.05) is 11.9 Å². The average Bonchev–Trinajstić information content (AvgIpc) is 3.13. The molecule has 3 aromatic heterocycles. The first-order chi connectivity index (χ1) is 16.4. The summed E-state index contributed by atoms with van der Waals surface area (Å²) in [4.78, 5) is 30.3. The second kappa shape index (κ2) is 9.02. The SMILES string of the molecule is Cc1ccc(C)c(-n2nc(-c3c(C)nc4c(OCC(=O)OC(C)(C)C)cccn4c3=O)cc2C)c1. The van der Waals surface area contributed by atoms with Crippen LogP contribution in [0.4, 0.5) is 0 Å². The van der Waals surface area contributed by atoms with Crippen LogP contribution in [0.25, 0.3) is 22.6 Å². The molecule has 8 nitrogen and oxygen atoms in total. The van der Waals surface area contributed by atoms with Crippen molar-refractivity contribution in [2.45, 2.75) is 54.1 Å². The van der Waals surface area contributed by atoms with Crippen LogP contribution in [0.3, 0.4) is 0 Å². The van der Waals surface area contributed by atoms with Gasteiger partial charge >= 0.3 is 5.97 Å². The minimum atomic E-state index is -0.613. The van der Waals surface area contributed by atoms with E-state index >= 15 is 0 Å². The molecule has 0 saturated carbocycles. The molecule has 182 valence electrons. The molecule has 0 spiro atoms. The van der Waals surface area contributed by atoms with Crippen molar-refractivity contribution in [1.82, 2.24) is 19.2 Å². The van der Waals surface area contributed by atoms with Gasteiger partial charge in [0.05, 0.1) is 16.9 Å². The van der Waals surface area contributed by atoms with Gasteiger partial charge in [0.25, 0.3) is 5.56 Å². The normalized spacial score (nSPS) is 11.6. The van der Waals surface area contributed by atoms with Gasteiger partial charge in [-0.15, -0.1) is 0 Å². The number of aromatic nitrogens is 4. The third-order valence-electron chi connectivity index (χ3n) is 5.50. The zero-order chi connectivity index (χ0) is 25.5. The van der Waals surface area contributed by atoms with Crippen molar-refractivity contribution in [2.24, 2.45) is 0 Å². The lowest BCUT2D eigenvalue weighted by atomic mass is 10.1. The van der Waals surface area contributed by atoms with Gasteiger partial charge in [-0.25, -0.2) is 14.5 Å². The lowest BCUT2D eigenvalue weighted by molar-refractivity contribution is -0.157. The van der Waals surface area contributed by atoms with Gasteiger partial charge in [-0.3, -0.25) is 9.20 Å². The second-order valence-electron chi connectivity index (χ2n) is 9.69. The van der Waals surface area contributed by atoms with Crippen LogP contribution in [0.5, 0.6) is 5.75 Å². The highest BCUT2D eigenvalue weighted by molar-refractivity contribution is 5.72. The number of benzene rings is 1. The van der Waals surface area contributed by atoms with Gasteiger partial charge in [0.2, 0.25) is 0 Å². The summed E-state index contributed by atoms with van der Waals surface area (Å²) in [6.07, 6.45) is 1.63. The average molecular weight is 475 g/mol. The minimum Gasteiger partial charge on any atom is -0.478 e. The van der Waals surface area contributed by atoms with Crippen LogP contribution in [-0.2, 0) is 9.53 Å². The highest BCUT2D eigenvalue weighted by Crippen LogP contribution is 2.25. The molecule has 8 heteroatoms. The van der Waals surface area contributed by atoms with E-state index in [0.29, 0.717) is 28.3 Å². The standard InChI is InChI=1S/C27H30N4O4/c1-16-10-11-17(2)21(13-16)31-18(3)14-20(29-31)24-19(4)28-25-22(9-8-12-30(25)26(24)33)34-15-23(32)35-27(5,6)7/h8-14H,15H2,1-7H3. The molecule has 0 N–H and O–H groups in total. The predicted octanol–water partition coefficient (Wildman–Crippen LogP) is 4.50. The minimum absolute atomic E-state index is 0.263. The summed E-state index contributed by atoms with van der Waals surface area (Å²) in [6, 6.07) is 11.4. The Morgan fingerprint density at radius 3 is 2.51 bits per heavy atom. The van der Waals surface area contributed by atoms with Crippen LogP contribution in [0.2, 0.25) is 0 Å². The molecule has 0 bridgehead atoms. The summed E-state index contributed by atoms with van der Waals surface area (Å²) in [5.41, 5.74) is 5.03. The summed E-state index contributed by atoms with van der Waals surface area (Å²) >= 11 is 0. The molecule has 0 saturated heterocycles. The Bertz CT molecular complexity index is 1490. The highest BCUT2D eigenvalue weighted by Gasteiger charge is 2.20. The number of pyridine rings is 1. The molecule has 35 heavy (non-hydrogen) atoms. The van der Waals surface area contributed by atoms with E-state index < -0.39 is 11.6 Å². The van der Waals surface area contributed by atoms with Crippen LogP contribution >= 0.6 is 0 Å². The molecule has 0 atom stereocenters. The molecule has 1 aromatic carbocycles. The van der Waals surface area contributed by atoms with Gasteiger partial charge in [-0.2, -0.15) is 5.10 Å². The Labute approximate surface area is 204 Å². The van der Waals surface area contributed by atoms with Crippen LogP contribution in [-0.4, -0.2) is 37.3 Å². The molecule has 0 aliphatic heterocycles. The summed E-state index contributed by atoms with van der Waals surface area (Å²) in [5.74, 6) is -0.176. The van der Waals surface area contributed by atoms with Gasteiger partial charge in [0.1, 0.15) is 11.3 Å². The van der Waals surface area contributed by atoms with Crippen molar-refractivity contribution in [3.63, 3.8) is 0 Å². The molecule has 0 fully saturated rings. The van der Waals surface area contributed by atoms with E-state index in [0.717, 1.165) is 22.5 Å². The van der Waals surface area contributed by atoms with E-state index in [4.69, 9.17) is 14.6 Å². The first-order valence-corrected chi connectivity index (χ1v) is 11.5. The third-order valence-corrected chi connectivity index (χ3v) is 5.50. The van der Waals surface area contributed by atoms with E-state index in [-0.39, 0.29) is 12.2 Å². The van der Waals surface area contributed by atoms with E-state index in [1.165, 1.54) is 4.40 Å². The van der Waals surface area contributed by atoms with Crippen LogP contribution in [0.15, 0.2) is 47.4 Å². The van der Waals surface area contributed by atoms with E-state index in [9.17, 15) is 9.59 Å². The largest absolute Gasteiger partial charge is 0.478 e. The molecule has 0 aliphatic rings. The molecular weight excluding hydrogens is 444 g/mol. The van der Waals surface area contributed by atoms with E-state index in [1.54, 1.807) is 46.0 Å². The number of aryl methyl sites for hydroxylation is 4.